The van der Waals surface area contributed by atoms with E-state index in [1.54, 1.807) is 0 Å². The highest BCUT2D eigenvalue weighted by Gasteiger charge is 2.30. The van der Waals surface area contributed by atoms with Gasteiger partial charge in [-0.1, -0.05) is 19.3 Å². The first-order valence-corrected chi connectivity index (χ1v) is 7.80. The van der Waals surface area contributed by atoms with Crippen LogP contribution in [0.1, 0.15) is 49.4 Å². The maximum atomic E-state index is 13.2. The Morgan fingerprint density at radius 2 is 2.00 bits per heavy atom. The fourth-order valence-corrected chi connectivity index (χ4v) is 2.91. The molecule has 0 radical (unpaired) electrons. The zero-order valence-electron chi connectivity index (χ0n) is 13.3. The van der Waals surface area contributed by atoms with Gasteiger partial charge in [-0.15, -0.1) is 0 Å². The van der Waals surface area contributed by atoms with Crippen molar-refractivity contribution in [2.45, 2.75) is 45.3 Å². The van der Waals surface area contributed by atoms with Crippen molar-refractivity contribution in [2.24, 2.45) is 5.92 Å². The van der Waals surface area contributed by atoms with Crippen LogP contribution in [0.25, 0.3) is 0 Å². The van der Waals surface area contributed by atoms with Crippen LogP contribution in [0.5, 0.6) is 0 Å². The average Bonchev–Trinajstić information content (AvgIpc) is 2.54. The lowest BCUT2D eigenvalue weighted by molar-refractivity contribution is -0.385. The Bertz CT molecular complexity index is 643. The molecule has 0 unspecified atom stereocenters. The van der Waals surface area contributed by atoms with E-state index in [0.29, 0.717) is 6.07 Å². The summed E-state index contributed by atoms with van der Waals surface area (Å²) in [6.07, 6.45) is 3.76. The van der Waals surface area contributed by atoms with Gasteiger partial charge >= 0.3 is 5.97 Å². The van der Waals surface area contributed by atoms with Crippen LogP contribution in [-0.4, -0.2) is 23.0 Å². The van der Waals surface area contributed by atoms with Crippen LogP contribution >= 0.6 is 0 Å². The number of ether oxygens (including phenoxy) is 1. The Hall–Kier alpha value is -2.51. The molecule has 0 spiro atoms. The van der Waals surface area contributed by atoms with E-state index in [-0.39, 0.29) is 11.5 Å². The summed E-state index contributed by atoms with van der Waals surface area (Å²) in [6.45, 7) is 1.24. The van der Waals surface area contributed by atoms with Crippen LogP contribution in [0.15, 0.2) is 18.2 Å². The number of nitro benzene ring substituents is 1. The number of hydrogen-bond acceptors (Lipinski definition) is 5. The summed E-state index contributed by atoms with van der Waals surface area (Å²) in [5, 5.41) is 13.6. The van der Waals surface area contributed by atoms with Crippen molar-refractivity contribution in [3.8, 4) is 0 Å². The van der Waals surface area contributed by atoms with E-state index < -0.39 is 34.5 Å². The lowest BCUT2D eigenvalue weighted by atomic mass is 9.88. The maximum absolute atomic E-state index is 13.2. The number of nitrogens with one attached hydrogen (secondary N) is 1. The highest BCUT2D eigenvalue weighted by atomic mass is 19.1. The van der Waals surface area contributed by atoms with Gasteiger partial charge in [-0.25, -0.2) is 4.39 Å². The predicted molar refractivity (Wildman–Crippen MR) is 82.6 cm³/mol. The van der Waals surface area contributed by atoms with Gasteiger partial charge in [0.05, 0.1) is 11.0 Å². The molecule has 0 aliphatic heterocycles. The second-order valence-corrected chi connectivity index (χ2v) is 5.82. The Morgan fingerprint density at radius 3 is 2.58 bits per heavy atom. The molecule has 1 N–H and O–H groups in total. The summed E-state index contributed by atoms with van der Waals surface area (Å²) in [5.41, 5.74) is -0.896. The van der Waals surface area contributed by atoms with Gasteiger partial charge in [0.25, 0.3) is 11.6 Å². The first-order valence-electron chi connectivity index (χ1n) is 7.80. The van der Waals surface area contributed by atoms with Gasteiger partial charge in [0.15, 0.2) is 6.23 Å². The number of benzene rings is 1. The molecule has 1 atom stereocenters. The molecular formula is C16H19FN2O5. The third-order valence-corrected chi connectivity index (χ3v) is 4.05. The number of nitro groups is 1. The number of carbonyl (C=O) groups is 2. The van der Waals surface area contributed by atoms with E-state index in [4.69, 9.17) is 4.74 Å². The molecule has 1 fully saturated rings. The molecule has 1 aliphatic rings. The summed E-state index contributed by atoms with van der Waals surface area (Å²) >= 11 is 0. The minimum atomic E-state index is -0.847. The molecule has 24 heavy (non-hydrogen) atoms. The minimum Gasteiger partial charge on any atom is -0.442 e. The smallest absolute Gasteiger partial charge is 0.304 e. The first kappa shape index (κ1) is 17.8. The summed E-state index contributed by atoms with van der Waals surface area (Å²) < 4.78 is 18.4. The quantitative estimate of drug-likeness (QED) is 0.385. The number of halogens is 1. The largest absolute Gasteiger partial charge is 0.442 e. The first-order chi connectivity index (χ1) is 11.4. The number of hydrogen-bond donors (Lipinski definition) is 1. The average molecular weight is 338 g/mol. The Morgan fingerprint density at radius 1 is 1.33 bits per heavy atom. The van der Waals surface area contributed by atoms with Gasteiger partial charge in [0.1, 0.15) is 11.4 Å². The third kappa shape index (κ3) is 4.50. The number of carbonyl (C=O) groups excluding carboxylic acids is 2. The van der Waals surface area contributed by atoms with Crippen molar-refractivity contribution in [3.63, 3.8) is 0 Å². The molecular weight excluding hydrogens is 319 g/mol. The molecule has 0 heterocycles. The molecule has 8 heteroatoms. The summed E-state index contributed by atoms with van der Waals surface area (Å²) in [4.78, 5) is 33.9. The predicted octanol–water partition coefficient (Wildman–Crippen LogP) is 2.93. The van der Waals surface area contributed by atoms with Crippen LogP contribution in [0, 0.1) is 21.8 Å². The Balaban J connectivity index is 2.20. The highest BCUT2D eigenvalue weighted by Crippen LogP contribution is 2.28. The maximum Gasteiger partial charge on any atom is 0.304 e. The van der Waals surface area contributed by atoms with E-state index in [1.807, 2.05) is 0 Å². The van der Waals surface area contributed by atoms with Gasteiger partial charge in [0.2, 0.25) is 0 Å². The van der Waals surface area contributed by atoms with Crippen molar-refractivity contribution in [3.05, 3.63) is 39.7 Å². The fourth-order valence-electron chi connectivity index (χ4n) is 2.91. The lowest BCUT2D eigenvalue weighted by Gasteiger charge is -2.30. The van der Waals surface area contributed by atoms with Crippen LogP contribution in [0.3, 0.4) is 0 Å². The zero-order valence-corrected chi connectivity index (χ0v) is 13.3. The van der Waals surface area contributed by atoms with Crippen LogP contribution < -0.4 is 5.32 Å². The standard InChI is InChI=1S/C16H19FN2O5/c1-10(20)24-16(11-5-3-2-4-6-11)18-15(21)13-8-7-12(17)9-14(13)19(22)23/h7-9,11,16H,2-6H2,1H3,(H,18,21)/t16-/m0/s1. The molecule has 2 rings (SSSR count). The second kappa shape index (κ2) is 7.85. The Labute approximate surface area is 138 Å². The van der Waals surface area contributed by atoms with Gasteiger partial charge < -0.3 is 10.1 Å². The molecule has 1 aliphatic carbocycles. The Kier molecular flexibility index (Phi) is 5.83. The monoisotopic (exact) mass is 338 g/mol. The van der Waals surface area contributed by atoms with Crippen LogP contribution in [0.2, 0.25) is 0 Å². The van der Waals surface area contributed by atoms with E-state index in [1.165, 1.54) is 6.92 Å². The SMILES string of the molecule is CC(=O)O[C@H](NC(=O)c1ccc(F)cc1[N+](=O)[O-])C1CCCCC1. The molecule has 1 aromatic carbocycles. The third-order valence-electron chi connectivity index (χ3n) is 4.05. The number of nitrogens with zero attached hydrogens (tertiary/aromatic N) is 1. The summed E-state index contributed by atoms with van der Waals surface area (Å²) in [7, 11) is 0. The molecule has 1 saturated carbocycles. The number of esters is 1. The molecule has 0 saturated heterocycles. The molecule has 130 valence electrons. The van der Waals surface area contributed by atoms with Crippen molar-refractivity contribution >= 4 is 17.6 Å². The van der Waals surface area contributed by atoms with Gasteiger partial charge in [0, 0.05) is 12.8 Å². The molecule has 0 bridgehead atoms. The number of amides is 1. The van der Waals surface area contributed by atoms with Crippen LogP contribution in [-0.2, 0) is 9.53 Å². The molecule has 1 amide bonds. The molecule has 0 aromatic heterocycles. The molecule has 1 aromatic rings. The highest BCUT2D eigenvalue weighted by molar-refractivity contribution is 5.98. The molecule has 7 nitrogen and oxygen atoms in total. The van der Waals surface area contributed by atoms with E-state index in [2.05, 4.69) is 5.32 Å². The second-order valence-electron chi connectivity index (χ2n) is 5.82. The normalized spacial score (nSPS) is 16.2. The number of rotatable bonds is 5. The summed E-state index contributed by atoms with van der Waals surface area (Å²) in [6, 6.07) is 2.72. The van der Waals surface area contributed by atoms with Gasteiger partial charge in [-0.05, 0) is 25.0 Å². The van der Waals surface area contributed by atoms with Crippen LogP contribution in [0.4, 0.5) is 10.1 Å². The topological polar surface area (TPSA) is 98.5 Å². The minimum absolute atomic E-state index is 0.0360. The van der Waals surface area contributed by atoms with Crippen molar-refractivity contribution in [1.29, 1.82) is 0 Å². The van der Waals surface area contributed by atoms with Gasteiger partial charge in [-0.2, -0.15) is 0 Å². The van der Waals surface area contributed by atoms with E-state index in [9.17, 15) is 24.1 Å². The van der Waals surface area contributed by atoms with E-state index >= 15 is 0 Å². The van der Waals surface area contributed by atoms with Crippen molar-refractivity contribution < 1.29 is 23.6 Å². The van der Waals surface area contributed by atoms with Crippen molar-refractivity contribution in [2.75, 3.05) is 0 Å². The summed E-state index contributed by atoms with van der Waals surface area (Å²) in [5.74, 6) is -2.15. The van der Waals surface area contributed by atoms with E-state index in [0.717, 1.165) is 44.2 Å². The van der Waals surface area contributed by atoms with Crippen molar-refractivity contribution in [1.82, 2.24) is 5.32 Å². The zero-order chi connectivity index (χ0) is 17.7. The van der Waals surface area contributed by atoms with Gasteiger partial charge in [-0.3, -0.25) is 19.7 Å². The lowest BCUT2D eigenvalue weighted by Crippen LogP contribution is -2.44. The fraction of sp³-hybridized carbons (Fsp3) is 0.500.